The van der Waals surface area contributed by atoms with E-state index >= 15 is 0 Å². The molecule has 4 fully saturated rings. The molecule has 5 aliphatic carbocycles. The second-order valence-electron chi connectivity index (χ2n) is 19.8. The second kappa shape index (κ2) is 13.8. The molecule has 7 nitrogen and oxygen atoms in total. The Labute approximate surface area is 317 Å². The fourth-order valence-electron chi connectivity index (χ4n) is 12.8. The van der Waals surface area contributed by atoms with Gasteiger partial charge in [-0.05, 0) is 136 Å². The van der Waals surface area contributed by atoms with Crippen molar-refractivity contribution in [1.29, 1.82) is 0 Å². The highest BCUT2D eigenvalue weighted by atomic mass is 35.5. The molecular formula is C44H64ClNO6. The Bertz CT molecular complexity index is 1600. The van der Waals surface area contributed by atoms with Crippen LogP contribution in [0.5, 0.6) is 0 Å². The molecule has 9 atom stereocenters. The Hall–Kier alpha value is -2.22. The minimum absolute atomic E-state index is 0.0469. The van der Waals surface area contributed by atoms with E-state index < -0.39 is 28.9 Å². The Morgan fingerprint density at radius 2 is 1.60 bits per heavy atom. The van der Waals surface area contributed by atoms with Crippen LogP contribution in [0.25, 0.3) is 0 Å². The van der Waals surface area contributed by atoms with E-state index in [-0.39, 0.29) is 46.4 Å². The maximum absolute atomic E-state index is 14.0. The standard InChI is InChI=1S/C44H64ClNO6/c1-26(2)37-32(47)22-44(34(48)25-46(9)24-27-10-12-28(45)13-11-27)21-20-42(7)29-16-17-33-41(5,6)35(52-36(49)23-40(3,4)39(50)51)18-19-43(33,8)30(29)14-15-31(42)38(37)44/h10-13,26,29-31,33-35,48H,14-25H2,1-9H3,(H,50,51)/t29-,30+,31-,33+,34-,35+,42+,43-,44+/m1/s1. The van der Waals surface area contributed by atoms with Crippen LogP contribution in [0.4, 0.5) is 0 Å². The number of allylic oxidation sites excluding steroid dienone is 1. The molecular weight excluding hydrogens is 674 g/mol. The van der Waals surface area contributed by atoms with Gasteiger partial charge in [-0.2, -0.15) is 0 Å². The van der Waals surface area contributed by atoms with E-state index in [1.54, 1.807) is 13.8 Å². The maximum Gasteiger partial charge on any atom is 0.309 e. The number of nitrogens with zero attached hydrogens (tertiary/aromatic N) is 1. The van der Waals surface area contributed by atoms with Gasteiger partial charge in [-0.3, -0.25) is 19.3 Å². The zero-order valence-electron chi connectivity index (χ0n) is 33.2. The van der Waals surface area contributed by atoms with Crippen LogP contribution in [0.1, 0.15) is 125 Å². The summed E-state index contributed by atoms with van der Waals surface area (Å²) >= 11 is 6.14. The quantitative estimate of drug-likeness (QED) is 0.231. The molecule has 8 heteroatoms. The van der Waals surface area contributed by atoms with Gasteiger partial charge in [-0.15, -0.1) is 0 Å². The van der Waals surface area contributed by atoms with Gasteiger partial charge in [-0.1, -0.05) is 70.8 Å². The zero-order chi connectivity index (χ0) is 38.2. The first-order valence-corrected chi connectivity index (χ1v) is 20.4. The predicted molar refractivity (Wildman–Crippen MR) is 205 cm³/mol. The third-order valence-corrected chi connectivity index (χ3v) is 15.8. The lowest BCUT2D eigenvalue weighted by molar-refractivity contribution is -0.205. The van der Waals surface area contributed by atoms with Crippen LogP contribution >= 0.6 is 11.6 Å². The molecule has 0 spiro atoms. The molecule has 0 saturated heterocycles. The molecule has 0 heterocycles. The number of likely N-dealkylation sites (N-methyl/N-ethyl adjacent to an activating group) is 1. The van der Waals surface area contributed by atoms with Crippen LogP contribution in [0, 0.1) is 56.7 Å². The van der Waals surface area contributed by atoms with Crippen LogP contribution in [-0.2, 0) is 25.7 Å². The molecule has 0 aromatic heterocycles. The van der Waals surface area contributed by atoms with Crippen LogP contribution in [-0.4, -0.2) is 58.6 Å². The summed E-state index contributed by atoms with van der Waals surface area (Å²) in [5, 5.41) is 22.6. The molecule has 1 aromatic carbocycles. The number of ketones is 1. The molecule has 288 valence electrons. The lowest BCUT2D eigenvalue weighted by Crippen LogP contribution is -2.62. The molecule has 1 aromatic rings. The summed E-state index contributed by atoms with van der Waals surface area (Å²) in [5.74, 6) is 0.696. The molecule has 52 heavy (non-hydrogen) atoms. The topological polar surface area (TPSA) is 104 Å². The number of carboxylic acid groups (broad SMARTS) is 1. The number of benzene rings is 1. The number of aliphatic hydroxyl groups excluding tert-OH is 1. The number of esters is 1. The molecule has 0 radical (unpaired) electrons. The lowest BCUT2D eigenvalue weighted by atomic mass is 9.37. The van der Waals surface area contributed by atoms with Crippen molar-refractivity contribution in [2.45, 2.75) is 138 Å². The number of halogens is 1. The van der Waals surface area contributed by atoms with Crippen LogP contribution in [0.15, 0.2) is 35.4 Å². The molecule has 0 bridgehead atoms. The second-order valence-corrected chi connectivity index (χ2v) is 20.2. The van der Waals surface area contributed by atoms with Gasteiger partial charge in [0.15, 0.2) is 5.78 Å². The van der Waals surface area contributed by atoms with E-state index in [2.05, 4.69) is 53.5 Å². The van der Waals surface area contributed by atoms with Gasteiger partial charge in [0.1, 0.15) is 6.10 Å². The van der Waals surface area contributed by atoms with E-state index in [1.807, 2.05) is 24.3 Å². The first-order chi connectivity index (χ1) is 24.2. The number of aliphatic carboxylic acids is 1. The highest BCUT2D eigenvalue weighted by Gasteiger charge is 2.67. The highest BCUT2D eigenvalue weighted by molar-refractivity contribution is 6.30. The molecule has 5 aliphatic rings. The molecule has 4 saturated carbocycles. The predicted octanol–water partition coefficient (Wildman–Crippen LogP) is 9.14. The van der Waals surface area contributed by atoms with Crippen LogP contribution in [0.3, 0.4) is 0 Å². The largest absolute Gasteiger partial charge is 0.481 e. The third kappa shape index (κ3) is 6.51. The van der Waals surface area contributed by atoms with Gasteiger partial charge < -0.3 is 14.9 Å². The van der Waals surface area contributed by atoms with Gasteiger partial charge in [0.2, 0.25) is 0 Å². The molecule has 0 aliphatic heterocycles. The Kier molecular flexibility index (Phi) is 10.5. The van der Waals surface area contributed by atoms with Crippen molar-refractivity contribution in [3.8, 4) is 0 Å². The summed E-state index contributed by atoms with van der Waals surface area (Å²) < 4.78 is 6.15. The fraction of sp³-hybridized carbons (Fsp3) is 0.750. The SMILES string of the molecule is CC(C)C1=C2[C@H]3CC[C@H]4[C@@H](CC[C@H]5C(C)(C)[C@@H](OC(=O)CC(C)(C)C(=O)O)CC[C@]45C)[C@]3(C)CC[C@@]2([C@H](O)CN(C)Cc2ccc(Cl)cc2)CC1=O. The fourth-order valence-corrected chi connectivity index (χ4v) is 13.0. The average Bonchev–Trinajstić information content (AvgIpc) is 3.36. The number of hydrogen-bond acceptors (Lipinski definition) is 6. The minimum Gasteiger partial charge on any atom is -0.481 e. The third-order valence-electron chi connectivity index (χ3n) is 15.5. The van der Waals surface area contributed by atoms with Gasteiger partial charge in [0.25, 0.3) is 0 Å². The Morgan fingerprint density at radius 3 is 2.23 bits per heavy atom. The Morgan fingerprint density at radius 1 is 0.962 bits per heavy atom. The lowest BCUT2D eigenvalue weighted by Gasteiger charge is -2.68. The van der Waals surface area contributed by atoms with E-state index in [4.69, 9.17) is 16.3 Å². The number of carboxylic acids is 1. The highest BCUT2D eigenvalue weighted by Crippen LogP contribution is 2.73. The Balaban J connectivity index is 1.24. The van der Waals surface area contributed by atoms with E-state index in [9.17, 15) is 24.6 Å². The summed E-state index contributed by atoms with van der Waals surface area (Å²) in [6, 6.07) is 7.89. The number of carbonyl (C=O) groups excluding carboxylic acids is 2. The van der Waals surface area contributed by atoms with Gasteiger partial charge in [-0.25, -0.2) is 0 Å². The summed E-state index contributed by atoms with van der Waals surface area (Å²) in [5.41, 5.74) is 1.70. The molecule has 0 unspecified atom stereocenters. The van der Waals surface area contributed by atoms with Gasteiger partial charge >= 0.3 is 11.9 Å². The van der Waals surface area contributed by atoms with Crippen LogP contribution < -0.4 is 0 Å². The molecule has 0 amide bonds. The summed E-state index contributed by atoms with van der Waals surface area (Å²) in [6.45, 7) is 18.3. The summed E-state index contributed by atoms with van der Waals surface area (Å²) in [6.07, 6.45) is 7.40. The van der Waals surface area contributed by atoms with Crippen LogP contribution in [0.2, 0.25) is 5.02 Å². The van der Waals surface area contributed by atoms with E-state index in [0.29, 0.717) is 42.3 Å². The van der Waals surface area contributed by atoms with Crippen molar-refractivity contribution in [2.24, 2.45) is 56.7 Å². The smallest absolute Gasteiger partial charge is 0.309 e. The number of hydrogen-bond donors (Lipinski definition) is 2. The number of Topliss-reactive ketones (excluding diaryl/α,β-unsaturated/α-hetero) is 1. The van der Waals surface area contributed by atoms with Crippen molar-refractivity contribution in [2.75, 3.05) is 13.6 Å². The van der Waals surface area contributed by atoms with Crippen molar-refractivity contribution in [1.82, 2.24) is 4.90 Å². The van der Waals surface area contributed by atoms with Crippen molar-refractivity contribution < 1.29 is 29.3 Å². The number of rotatable bonds is 10. The maximum atomic E-state index is 14.0. The summed E-state index contributed by atoms with van der Waals surface area (Å²) in [4.78, 5) is 41.0. The number of fused-ring (bicyclic) bond motifs is 7. The molecule has 2 N–H and O–H groups in total. The van der Waals surface area contributed by atoms with Crippen molar-refractivity contribution in [3.63, 3.8) is 0 Å². The average molecular weight is 738 g/mol. The molecule has 6 rings (SSSR count). The monoisotopic (exact) mass is 737 g/mol. The van der Waals surface area contributed by atoms with Crippen molar-refractivity contribution in [3.05, 3.63) is 46.0 Å². The van der Waals surface area contributed by atoms with E-state index in [0.717, 1.165) is 62.5 Å². The first kappa shape index (κ1) is 39.5. The number of carbonyl (C=O) groups is 3. The number of ether oxygens (including phenoxy) is 1. The van der Waals surface area contributed by atoms with E-state index in [1.165, 1.54) is 5.57 Å². The zero-order valence-corrected chi connectivity index (χ0v) is 33.9. The van der Waals surface area contributed by atoms with Gasteiger partial charge in [0.05, 0.1) is 17.9 Å². The van der Waals surface area contributed by atoms with Crippen molar-refractivity contribution >= 4 is 29.3 Å². The first-order valence-electron chi connectivity index (χ1n) is 20.0. The van der Waals surface area contributed by atoms with Gasteiger partial charge in [0, 0.05) is 35.4 Å². The number of aliphatic hydroxyl groups is 1. The minimum atomic E-state index is -1.16. The normalized spacial score (nSPS) is 36.2. The summed E-state index contributed by atoms with van der Waals surface area (Å²) in [7, 11) is 2.06.